The first-order valence-corrected chi connectivity index (χ1v) is 8.47. The van der Waals surface area contributed by atoms with E-state index < -0.39 is 5.91 Å². The minimum Gasteiger partial charge on any atom is -0.497 e. The van der Waals surface area contributed by atoms with Crippen LogP contribution < -0.4 is 15.4 Å². The molecule has 8 heteroatoms. The van der Waals surface area contributed by atoms with E-state index in [-0.39, 0.29) is 31.5 Å². The molecule has 1 aromatic carbocycles. The third-order valence-corrected chi connectivity index (χ3v) is 3.56. The van der Waals surface area contributed by atoms with Crippen LogP contribution in [0.5, 0.6) is 5.75 Å². The average molecular weight is 365 g/mol. The third kappa shape index (κ3) is 7.98. The lowest BCUT2D eigenvalue weighted by molar-refractivity contribution is -0.139. The van der Waals surface area contributed by atoms with Crippen LogP contribution in [0.4, 0.5) is 5.69 Å². The number of unbranched alkanes of at least 4 members (excludes halogenated alkanes) is 1. The summed E-state index contributed by atoms with van der Waals surface area (Å²) in [5.41, 5.74) is 0.602. The van der Waals surface area contributed by atoms with Crippen molar-refractivity contribution in [2.24, 2.45) is 0 Å². The fraction of sp³-hybridized carbons (Fsp3) is 0.500. The monoisotopic (exact) mass is 365 g/mol. The number of benzene rings is 1. The number of anilines is 1. The molecule has 2 N–H and O–H groups in total. The number of nitrogens with one attached hydrogen (secondary N) is 2. The first-order valence-electron chi connectivity index (χ1n) is 8.47. The van der Waals surface area contributed by atoms with E-state index in [9.17, 15) is 14.4 Å². The Labute approximate surface area is 153 Å². The first kappa shape index (κ1) is 21.4. The van der Waals surface area contributed by atoms with E-state index >= 15 is 0 Å². The minimum atomic E-state index is -0.393. The van der Waals surface area contributed by atoms with Crippen LogP contribution in [0.3, 0.4) is 0 Å². The quantitative estimate of drug-likeness (QED) is 0.610. The third-order valence-electron chi connectivity index (χ3n) is 3.56. The Bertz CT molecular complexity index is 589. The molecule has 0 aliphatic rings. The molecule has 0 bridgehead atoms. The molecule has 0 radical (unpaired) electrons. The van der Waals surface area contributed by atoms with Gasteiger partial charge in [-0.05, 0) is 30.7 Å². The molecule has 0 heterocycles. The van der Waals surface area contributed by atoms with E-state index in [1.807, 2.05) is 6.92 Å². The summed E-state index contributed by atoms with van der Waals surface area (Å²) in [6.45, 7) is 2.13. The van der Waals surface area contributed by atoms with Gasteiger partial charge in [-0.2, -0.15) is 0 Å². The number of hydrogen-bond acceptors (Lipinski definition) is 5. The van der Waals surface area contributed by atoms with E-state index in [1.165, 1.54) is 12.0 Å². The summed E-state index contributed by atoms with van der Waals surface area (Å²) in [7, 11) is 2.99. The fourth-order valence-corrected chi connectivity index (χ4v) is 2.14. The maximum atomic E-state index is 12.0. The maximum Gasteiger partial charge on any atom is 0.249 e. The summed E-state index contributed by atoms with van der Waals surface area (Å²) in [6.07, 6.45) is 1.70. The van der Waals surface area contributed by atoms with Crippen molar-refractivity contribution in [3.05, 3.63) is 24.3 Å². The predicted molar refractivity (Wildman–Crippen MR) is 98.0 cm³/mol. The second kappa shape index (κ2) is 11.9. The lowest BCUT2D eigenvalue weighted by Gasteiger charge is -2.21. The van der Waals surface area contributed by atoms with Crippen molar-refractivity contribution in [1.29, 1.82) is 0 Å². The zero-order valence-electron chi connectivity index (χ0n) is 15.5. The summed E-state index contributed by atoms with van der Waals surface area (Å²) in [4.78, 5) is 37.3. The number of ether oxygens (including phenoxy) is 2. The lowest BCUT2D eigenvalue weighted by atomic mass is 10.3. The summed E-state index contributed by atoms with van der Waals surface area (Å²) in [5, 5.41) is 5.19. The molecule has 0 fully saturated rings. The molecule has 0 aliphatic heterocycles. The standard InChI is InChI=1S/C18H27N3O5/c1-4-5-10-21(18(24)13-25-2)12-17(23)19-11-16(22)20-14-6-8-15(26-3)9-7-14/h6-9H,4-5,10-13H2,1-3H3,(H,19,23)(H,20,22). The number of rotatable bonds is 11. The van der Waals surface area contributed by atoms with Crippen molar-refractivity contribution in [2.75, 3.05) is 45.8 Å². The summed E-state index contributed by atoms with van der Waals surface area (Å²) >= 11 is 0. The molecule has 0 aromatic heterocycles. The van der Waals surface area contributed by atoms with Crippen LogP contribution in [0.1, 0.15) is 19.8 Å². The minimum absolute atomic E-state index is 0.0745. The average Bonchev–Trinajstić information content (AvgIpc) is 2.64. The molecule has 0 unspecified atom stereocenters. The Morgan fingerprint density at radius 2 is 1.77 bits per heavy atom. The van der Waals surface area contributed by atoms with Crippen molar-refractivity contribution in [2.45, 2.75) is 19.8 Å². The Kier molecular flexibility index (Phi) is 9.78. The van der Waals surface area contributed by atoms with Gasteiger partial charge in [0.05, 0.1) is 20.2 Å². The molecule has 144 valence electrons. The van der Waals surface area contributed by atoms with Crippen molar-refractivity contribution >= 4 is 23.4 Å². The molecular formula is C18H27N3O5. The zero-order valence-corrected chi connectivity index (χ0v) is 15.5. The molecule has 0 saturated carbocycles. The van der Waals surface area contributed by atoms with E-state index in [1.54, 1.807) is 31.4 Å². The molecule has 0 saturated heterocycles. The van der Waals surface area contributed by atoms with Gasteiger partial charge in [0.25, 0.3) is 0 Å². The molecule has 8 nitrogen and oxygen atoms in total. The number of methoxy groups -OCH3 is 2. The van der Waals surface area contributed by atoms with Crippen LogP contribution in [-0.2, 0) is 19.1 Å². The number of carbonyl (C=O) groups excluding carboxylic acids is 3. The van der Waals surface area contributed by atoms with Crippen molar-refractivity contribution in [3.63, 3.8) is 0 Å². The Hall–Kier alpha value is -2.61. The largest absolute Gasteiger partial charge is 0.497 e. The number of hydrogen-bond donors (Lipinski definition) is 2. The van der Waals surface area contributed by atoms with Gasteiger partial charge in [-0.25, -0.2) is 0 Å². The summed E-state index contributed by atoms with van der Waals surface area (Å²) in [6, 6.07) is 6.85. The lowest BCUT2D eigenvalue weighted by Crippen LogP contribution is -2.44. The molecule has 1 rings (SSSR count). The highest BCUT2D eigenvalue weighted by molar-refractivity contribution is 5.95. The maximum absolute atomic E-state index is 12.0. The van der Waals surface area contributed by atoms with Crippen molar-refractivity contribution in [1.82, 2.24) is 10.2 Å². The fourth-order valence-electron chi connectivity index (χ4n) is 2.14. The molecule has 26 heavy (non-hydrogen) atoms. The van der Waals surface area contributed by atoms with E-state index in [2.05, 4.69) is 10.6 Å². The van der Waals surface area contributed by atoms with Crippen molar-refractivity contribution < 1.29 is 23.9 Å². The van der Waals surface area contributed by atoms with Gasteiger partial charge in [-0.1, -0.05) is 13.3 Å². The van der Waals surface area contributed by atoms with Crippen LogP contribution in [0.15, 0.2) is 24.3 Å². The SMILES string of the molecule is CCCCN(CC(=O)NCC(=O)Nc1ccc(OC)cc1)C(=O)COC. The smallest absolute Gasteiger partial charge is 0.249 e. The van der Waals surface area contributed by atoms with Gasteiger partial charge in [0.15, 0.2) is 0 Å². The highest BCUT2D eigenvalue weighted by Gasteiger charge is 2.17. The predicted octanol–water partition coefficient (Wildman–Crippen LogP) is 1.02. The molecule has 0 spiro atoms. The second-order valence-corrected chi connectivity index (χ2v) is 5.66. The molecule has 0 atom stereocenters. The number of carbonyl (C=O) groups is 3. The zero-order chi connectivity index (χ0) is 19.4. The van der Waals surface area contributed by atoms with Gasteiger partial charge in [0.1, 0.15) is 12.4 Å². The normalized spacial score (nSPS) is 10.1. The highest BCUT2D eigenvalue weighted by Crippen LogP contribution is 2.14. The van der Waals surface area contributed by atoms with Crippen LogP contribution in [-0.4, -0.2) is 63.1 Å². The van der Waals surface area contributed by atoms with Crippen molar-refractivity contribution in [3.8, 4) is 5.75 Å². The van der Waals surface area contributed by atoms with E-state index in [0.29, 0.717) is 18.0 Å². The van der Waals surface area contributed by atoms with Crippen LogP contribution >= 0.6 is 0 Å². The topological polar surface area (TPSA) is 97.0 Å². The molecule has 1 aromatic rings. The number of nitrogens with zero attached hydrogens (tertiary/aromatic N) is 1. The Morgan fingerprint density at radius 3 is 2.35 bits per heavy atom. The Balaban J connectivity index is 2.44. The molecule has 3 amide bonds. The van der Waals surface area contributed by atoms with Gasteiger partial charge < -0.3 is 25.0 Å². The van der Waals surface area contributed by atoms with E-state index in [4.69, 9.17) is 9.47 Å². The Morgan fingerprint density at radius 1 is 1.08 bits per heavy atom. The summed E-state index contributed by atoms with van der Waals surface area (Å²) < 4.78 is 9.88. The van der Waals surface area contributed by atoms with Gasteiger partial charge in [-0.15, -0.1) is 0 Å². The van der Waals surface area contributed by atoms with Gasteiger partial charge in [0.2, 0.25) is 17.7 Å². The van der Waals surface area contributed by atoms with Gasteiger partial charge in [-0.3, -0.25) is 14.4 Å². The van der Waals surface area contributed by atoms with Crippen LogP contribution in [0.25, 0.3) is 0 Å². The molecule has 0 aliphatic carbocycles. The number of amides is 3. The molecular weight excluding hydrogens is 338 g/mol. The first-order chi connectivity index (χ1) is 12.5. The van der Waals surface area contributed by atoms with Gasteiger partial charge in [0, 0.05) is 19.3 Å². The van der Waals surface area contributed by atoms with E-state index in [0.717, 1.165) is 12.8 Å². The van der Waals surface area contributed by atoms with Gasteiger partial charge >= 0.3 is 0 Å². The second-order valence-electron chi connectivity index (χ2n) is 5.66. The summed E-state index contributed by atoms with van der Waals surface area (Å²) in [5.74, 6) is -0.315. The van der Waals surface area contributed by atoms with Crippen LogP contribution in [0.2, 0.25) is 0 Å². The van der Waals surface area contributed by atoms with Crippen LogP contribution in [0, 0.1) is 0 Å². The highest BCUT2D eigenvalue weighted by atomic mass is 16.5.